The molecule has 1 atom stereocenters. The van der Waals surface area contributed by atoms with E-state index in [0.717, 1.165) is 6.54 Å². The van der Waals surface area contributed by atoms with Crippen molar-refractivity contribution < 1.29 is 0 Å². The number of fused-ring (bicyclic) bond motifs is 3. The van der Waals surface area contributed by atoms with Crippen LogP contribution < -0.4 is 0 Å². The standard InChI is InChI=1S/C14H23N3/c1-10-14-11-7-5-6-8-12(11)16(3)13(14)9-15(2)17(10)4/h10H,5-9H2,1-4H3. The van der Waals surface area contributed by atoms with E-state index in [4.69, 9.17) is 0 Å². The summed E-state index contributed by atoms with van der Waals surface area (Å²) >= 11 is 0. The number of hydrazine groups is 1. The summed E-state index contributed by atoms with van der Waals surface area (Å²) < 4.78 is 2.48. The fraction of sp³-hybridized carbons (Fsp3) is 0.714. The van der Waals surface area contributed by atoms with E-state index in [1.165, 1.54) is 25.7 Å². The predicted molar refractivity (Wildman–Crippen MR) is 69.7 cm³/mol. The second-order valence-electron chi connectivity index (χ2n) is 5.62. The Balaban J connectivity index is 2.17. The van der Waals surface area contributed by atoms with Gasteiger partial charge in [-0.1, -0.05) is 0 Å². The monoisotopic (exact) mass is 233 g/mol. The molecule has 0 aromatic carbocycles. The molecule has 0 radical (unpaired) electrons. The molecule has 1 aliphatic carbocycles. The maximum Gasteiger partial charge on any atom is 0.0537 e. The van der Waals surface area contributed by atoms with Crippen LogP contribution in [0.5, 0.6) is 0 Å². The van der Waals surface area contributed by atoms with Gasteiger partial charge in [0.2, 0.25) is 0 Å². The van der Waals surface area contributed by atoms with Crippen LogP contribution >= 0.6 is 0 Å². The molecule has 1 aromatic rings. The number of hydrogen-bond donors (Lipinski definition) is 0. The average molecular weight is 233 g/mol. The van der Waals surface area contributed by atoms with Crippen LogP contribution in [0.15, 0.2) is 0 Å². The van der Waals surface area contributed by atoms with Gasteiger partial charge in [0.15, 0.2) is 0 Å². The fourth-order valence-corrected chi connectivity index (χ4v) is 3.56. The quantitative estimate of drug-likeness (QED) is 0.681. The maximum absolute atomic E-state index is 2.48. The lowest BCUT2D eigenvalue weighted by atomic mass is 9.91. The smallest absolute Gasteiger partial charge is 0.0537 e. The molecule has 0 saturated carbocycles. The van der Waals surface area contributed by atoms with Gasteiger partial charge >= 0.3 is 0 Å². The van der Waals surface area contributed by atoms with E-state index in [2.05, 4.69) is 42.7 Å². The first-order valence-corrected chi connectivity index (χ1v) is 6.74. The molecule has 2 aliphatic rings. The van der Waals surface area contributed by atoms with Crippen LogP contribution in [0.2, 0.25) is 0 Å². The number of hydrogen-bond acceptors (Lipinski definition) is 2. The van der Waals surface area contributed by atoms with Crippen molar-refractivity contribution in [2.75, 3.05) is 14.1 Å². The summed E-state index contributed by atoms with van der Waals surface area (Å²) in [5.74, 6) is 0. The topological polar surface area (TPSA) is 11.4 Å². The van der Waals surface area contributed by atoms with Crippen molar-refractivity contribution in [2.45, 2.75) is 45.2 Å². The van der Waals surface area contributed by atoms with Gasteiger partial charge < -0.3 is 4.57 Å². The third-order valence-corrected chi connectivity index (χ3v) is 4.78. The lowest BCUT2D eigenvalue weighted by Gasteiger charge is -2.39. The van der Waals surface area contributed by atoms with Crippen LogP contribution in [0.1, 0.15) is 48.3 Å². The van der Waals surface area contributed by atoms with E-state index in [0.29, 0.717) is 6.04 Å². The first-order valence-electron chi connectivity index (χ1n) is 6.74. The molecular formula is C14H23N3. The molecule has 0 N–H and O–H groups in total. The second-order valence-corrected chi connectivity index (χ2v) is 5.62. The third-order valence-electron chi connectivity index (χ3n) is 4.78. The van der Waals surface area contributed by atoms with Gasteiger partial charge in [-0.2, -0.15) is 0 Å². The maximum atomic E-state index is 2.48. The van der Waals surface area contributed by atoms with Crippen LogP contribution in [0.3, 0.4) is 0 Å². The Hall–Kier alpha value is -0.800. The summed E-state index contributed by atoms with van der Waals surface area (Å²) in [6, 6.07) is 0.525. The van der Waals surface area contributed by atoms with Crippen molar-refractivity contribution in [3.05, 3.63) is 22.5 Å². The van der Waals surface area contributed by atoms with Crippen LogP contribution in [0, 0.1) is 0 Å². The third kappa shape index (κ3) is 1.49. The zero-order valence-electron chi connectivity index (χ0n) is 11.5. The predicted octanol–water partition coefficient (Wildman–Crippen LogP) is 2.26. The SMILES string of the molecule is CC1c2c3c(n(C)c2CN(C)N1C)CCCC3. The van der Waals surface area contributed by atoms with Crippen molar-refractivity contribution in [3.8, 4) is 0 Å². The second kappa shape index (κ2) is 3.85. The molecule has 3 heteroatoms. The largest absolute Gasteiger partial charge is 0.350 e. The Morgan fingerprint density at radius 2 is 1.71 bits per heavy atom. The highest BCUT2D eigenvalue weighted by atomic mass is 15.6. The molecular weight excluding hydrogens is 210 g/mol. The number of nitrogens with zero attached hydrogens (tertiary/aromatic N) is 3. The van der Waals surface area contributed by atoms with Gasteiger partial charge in [-0.25, -0.2) is 10.0 Å². The summed E-state index contributed by atoms with van der Waals surface area (Å²) in [5.41, 5.74) is 6.45. The molecule has 0 fully saturated rings. The number of rotatable bonds is 0. The molecule has 3 nitrogen and oxygen atoms in total. The van der Waals surface area contributed by atoms with E-state index in [1.807, 2.05) is 0 Å². The molecule has 0 amide bonds. The van der Waals surface area contributed by atoms with Crippen molar-refractivity contribution in [2.24, 2.45) is 7.05 Å². The first kappa shape index (κ1) is 11.3. The summed E-state index contributed by atoms with van der Waals surface area (Å²) in [6.07, 6.45) is 5.30. The van der Waals surface area contributed by atoms with Gasteiger partial charge in [-0.15, -0.1) is 0 Å². The van der Waals surface area contributed by atoms with E-state index in [9.17, 15) is 0 Å². The van der Waals surface area contributed by atoms with Crippen LogP contribution in [-0.4, -0.2) is 28.7 Å². The van der Waals surface area contributed by atoms with Crippen molar-refractivity contribution in [1.82, 2.24) is 14.6 Å². The number of aromatic nitrogens is 1. The minimum absolute atomic E-state index is 0.525. The van der Waals surface area contributed by atoms with Gasteiger partial charge in [0, 0.05) is 38.6 Å². The highest BCUT2D eigenvalue weighted by molar-refractivity contribution is 5.43. The molecule has 17 heavy (non-hydrogen) atoms. The minimum atomic E-state index is 0.525. The van der Waals surface area contributed by atoms with E-state index in [-0.39, 0.29) is 0 Å². The lowest BCUT2D eigenvalue weighted by Crippen LogP contribution is -2.42. The van der Waals surface area contributed by atoms with Gasteiger partial charge in [-0.3, -0.25) is 0 Å². The summed E-state index contributed by atoms with van der Waals surface area (Å²) in [6.45, 7) is 3.39. The molecule has 0 spiro atoms. The Kier molecular flexibility index (Phi) is 2.56. The Bertz CT molecular complexity index is 447. The Morgan fingerprint density at radius 1 is 1.00 bits per heavy atom. The lowest BCUT2D eigenvalue weighted by molar-refractivity contribution is -0.0321. The Morgan fingerprint density at radius 3 is 2.47 bits per heavy atom. The molecule has 1 aliphatic heterocycles. The summed E-state index contributed by atoms with van der Waals surface area (Å²) in [7, 11) is 6.65. The van der Waals surface area contributed by atoms with Gasteiger partial charge in [0.25, 0.3) is 0 Å². The van der Waals surface area contributed by atoms with Crippen molar-refractivity contribution in [1.29, 1.82) is 0 Å². The molecule has 2 heterocycles. The van der Waals surface area contributed by atoms with E-state index in [1.54, 1.807) is 22.5 Å². The summed E-state index contributed by atoms with van der Waals surface area (Å²) in [4.78, 5) is 0. The van der Waals surface area contributed by atoms with Crippen LogP contribution in [0.4, 0.5) is 0 Å². The normalized spacial score (nSPS) is 25.8. The molecule has 0 bridgehead atoms. The highest BCUT2D eigenvalue weighted by Crippen LogP contribution is 2.38. The van der Waals surface area contributed by atoms with Gasteiger partial charge in [0.1, 0.15) is 0 Å². The Labute approximate surface area is 104 Å². The zero-order chi connectivity index (χ0) is 12.2. The molecule has 1 aromatic heterocycles. The zero-order valence-corrected chi connectivity index (χ0v) is 11.5. The average Bonchev–Trinajstić information content (AvgIpc) is 2.61. The molecule has 94 valence electrons. The minimum Gasteiger partial charge on any atom is -0.350 e. The van der Waals surface area contributed by atoms with Crippen LogP contribution in [0.25, 0.3) is 0 Å². The summed E-state index contributed by atoms with van der Waals surface area (Å²) in [5, 5.41) is 4.70. The first-order chi connectivity index (χ1) is 8.11. The van der Waals surface area contributed by atoms with Gasteiger partial charge in [0.05, 0.1) is 6.54 Å². The molecule has 1 unspecified atom stereocenters. The van der Waals surface area contributed by atoms with Crippen LogP contribution in [-0.2, 0) is 26.4 Å². The highest BCUT2D eigenvalue weighted by Gasteiger charge is 2.33. The van der Waals surface area contributed by atoms with Crippen molar-refractivity contribution in [3.63, 3.8) is 0 Å². The van der Waals surface area contributed by atoms with E-state index >= 15 is 0 Å². The molecule has 3 rings (SSSR count). The molecule has 0 saturated heterocycles. The van der Waals surface area contributed by atoms with Gasteiger partial charge in [-0.05, 0) is 43.7 Å². The fourth-order valence-electron chi connectivity index (χ4n) is 3.56. The van der Waals surface area contributed by atoms with E-state index < -0.39 is 0 Å². The van der Waals surface area contributed by atoms with Crippen molar-refractivity contribution >= 4 is 0 Å².